The van der Waals surface area contributed by atoms with Crippen LogP contribution in [0.25, 0.3) is 0 Å². The lowest BCUT2D eigenvalue weighted by Crippen LogP contribution is -1.95. The second-order valence-corrected chi connectivity index (χ2v) is 5.61. The molecule has 17 heavy (non-hydrogen) atoms. The first kappa shape index (κ1) is 12.7. The zero-order chi connectivity index (χ0) is 11.9. The molecule has 0 unspecified atom stereocenters. The van der Waals surface area contributed by atoms with Gasteiger partial charge in [-0.15, -0.1) is 0 Å². The number of hydrogen-bond acceptors (Lipinski definition) is 0. The Kier molecular flexibility index (Phi) is 5.09. The Labute approximate surface area is 106 Å². The SMILES string of the molecule is CCCc1ccc(CCCC2CCCC2)cc1. The lowest BCUT2D eigenvalue weighted by Gasteiger charge is -2.08. The van der Waals surface area contributed by atoms with Gasteiger partial charge in [0.2, 0.25) is 0 Å². The quantitative estimate of drug-likeness (QED) is 0.634. The van der Waals surface area contributed by atoms with Crippen LogP contribution in [0.4, 0.5) is 0 Å². The molecule has 0 spiro atoms. The monoisotopic (exact) mass is 230 g/mol. The van der Waals surface area contributed by atoms with Crippen LogP contribution in [-0.4, -0.2) is 0 Å². The van der Waals surface area contributed by atoms with E-state index in [4.69, 9.17) is 0 Å². The first-order valence-corrected chi connectivity index (χ1v) is 7.46. The Hall–Kier alpha value is -0.780. The van der Waals surface area contributed by atoms with Gasteiger partial charge in [0.15, 0.2) is 0 Å². The molecular weight excluding hydrogens is 204 g/mol. The zero-order valence-electron chi connectivity index (χ0n) is 11.3. The summed E-state index contributed by atoms with van der Waals surface area (Å²) in [7, 11) is 0. The standard InChI is InChI=1S/C17H26/c1-2-6-15-11-13-17(14-12-15)10-5-9-16-7-3-4-8-16/h11-14,16H,2-10H2,1H3. The van der Waals surface area contributed by atoms with E-state index in [2.05, 4.69) is 31.2 Å². The summed E-state index contributed by atoms with van der Waals surface area (Å²) in [6.45, 7) is 2.25. The molecular formula is C17H26. The van der Waals surface area contributed by atoms with Crippen molar-refractivity contribution in [3.8, 4) is 0 Å². The molecule has 0 N–H and O–H groups in total. The van der Waals surface area contributed by atoms with Gasteiger partial charge >= 0.3 is 0 Å². The van der Waals surface area contributed by atoms with Crippen LogP contribution in [0.2, 0.25) is 0 Å². The highest BCUT2D eigenvalue weighted by atomic mass is 14.2. The molecule has 0 atom stereocenters. The van der Waals surface area contributed by atoms with Crippen molar-refractivity contribution in [2.45, 2.75) is 64.7 Å². The molecule has 0 aliphatic heterocycles. The van der Waals surface area contributed by atoms with Crippen molar-refractivity contribution in [2.24, 2.45) is 5.92 Å². The largest absolute Gasteiger partial charge is 0.0651 e. The van der Waals surface area contributed by atoms with Gasteiger partial charge in [-0.1, -0.05) is 69.7 Å². The summed E-state index contributed by atoms with van der Waals surface area (Å²) in [5.74, 6) is 1.05. The summed E-state index contributed by atoms with van der Waals surface area (Å²) in [5, 5.41) is 0. The van der Waals surface area contributed by atoms with Crippen LogP contribution < -0.4 is 0 Å². The minimum absolute atomic E-state index is 1.05. The van der Waals surface area contributed by atoms with Gasteiger partial charge in [-0.05, 0) is 36.3 Å². The van der Waals surface area contributed by atoms with Crippen molar-refractivity contribution in [1.82, 2.24) is 0 Å². The summed E-state index contributed by atoms with van der Waals surface area (Å²) in [4.78, 5) is 0. The smallest absolute Gasteiger partial charge is 0.0279 e. The van der Waals surface area contributed by atoms with Gasteiger partial charge in [-0.3, -0.25) is 0 Å². The molecule has 0 heterocycles. The molecule has 0 bridgehead atoms. The van der Waals surface area contributed by atoms with Gasteiger partial charge in [-0.2, -0.15) is 0 Å². The Balaban J connectivity index is 1.70. The van der Waals surface area contributed by atoms with Crippen LogP contribution in [0.1, 0.15) is 63.0 Å². The summed E-state index contributed by atoms with van der Waals surface area (Å²) in [6, 6.07) is 9.29. The third-order valence-electron chi connectivity index (χ3n) is 4.11. The fraction of sp³-hybridized carbons (Fsp3) is 0.647. The van der Waals surface area contributed by atoms with Gasteiger partial charge in [0.05, 0.1) is 0 Å². The molecule has 0 radical (unpaired) electrons. The molecule has 0 nitrogen and oxygen atoms in total. The van der Waals surface area contributed by atoms with E-state index in [1.807, 2.05) is 0 Å². The highest BCUT2D eigenvalue weighted by Gasteiger charge is 2.13. The maximum absolute atomic E-state index is 2.33. The molecule has 2 rings (SSSR count). The Morgan fingerprint density at radius 3 is 2.12 bits per heavy atom. The number of benzene rings is 1. The van der Waals surface area contributed by atoms with Gasteiger partial charge in [0, 0.05) is 0 Å². The van der Waals surface area contributed by atoms with E-state index in [0.717, 1.165) is 5.92 Å². The minimum Gasteiger partial charge on any atom is -0.0651 e. The van der Waals surface area contributed by atoms with Crippen LogP contribution in [0.3, 0.4) is 0 Å². The second kappa shape index (κ2) is 6.83. The van der Waals surface area contributed by atoms with Gasteiger partial charge in [0.1, 0.15) is 0 Å². The lowest BCUT2D eigenvalue weighted by molar-refractivity contribution is 0.484. The molecule has 1 saturated carbocycles. The minimum atomic E-state index is 1.05. The summed E-state index contributed by atoms with van der Waals surface area (Å²) < 4.78 is 0. The van der Waals surface area contributed by atoms with E-state index in [1.165, 1.54) is 68.9 Å². The predicted octanol–water partition coefficient (Wildman–Crippen LogP) is 5.15. The van der Waals surface area contributed by atoms with Crippen LogP contribution in [0, 0.1) is 5.92 Å². The lowest BCUT2D eigenvalue weighted by atomic mass is 9.98. The molecule has 1 aliphatic carbocycles. The van der Waals surface area contributed by atoms with E-state index >= 15 is 0 Å². The number of rotatable bonds is 6. The van der Waals surface area contributed by atoms with Crippen LogP contribution in [-0.2, 0) is 12.8 Å². The maximum atomic E-state index is 2.33. The topological polar surface area (TPSA) is 0 Å². The zero-order valence-corrected chi connectivity index (χ0v) is 11.3. The third-order valence-corrected chi connectivity index (χ3v) is 4.11. The van der Waals surface area contributed by atoms with Crippen molar-refractivity contribution in [3.05, 3.63) is 35.4 Å². The molecule has 0 amide bonds. The van der Waals surface area contributed by atoms with E-state index in [0.29, 0.717) is 0 Å². The fourth-order valence-electron chi connectivity index (χ4n) is 3.06. The maximum Gasteiger partial charge on any atom is -0.0279 e. The number of hydrogen-bond donors (Lipinski definition) is 0. The molecule has 94 valence electrons. The summed E-state index contributed by atoms with van der Waals surface area (Å²) >= 11 is 0. The number of aryl methyl sites for hydroxylation is 2. The Bertz CT molecular complexity index is 303. The first-order chi connectivity index (χ1) is 8.38. The fourth-order valence-corrected chi connectivity index (χ4v) is 3.06. The molecule has 1 fully saturated rings. The average molecular weight is 230 g/mol. The Morgan fingerprint density at radius 2 is 1.53 bits per heavy atom. The van der Waals surface area contributed by atoms with Crippen molar-refractivity contribution < 1.29 is 0 Å². The normalized spacial score (nSPS) is 16.5. The van der Waals surface area contributed by atoms with Crippen molar-refractivity contribution in [2.75, 3.05) is 0 Å². The predicted molar refractivity (Wildman–Crippen MR) is 75.3 cm³/mol. The van der Waals surface area contributed by atoms with E-state index in [-0.39, 0.29) is 0 Å². The molecule has 0 saturated heterocycles. The highest BCUT2D eigenvalue weighted by Crippen LogP contribution is 2.28. The molecule has 0 aromatic heterocycles. The molecule has 1 aromatic rings. The van der Waals surface area contributed by atoms with Crippen LogP contribution in [0.5, 0.6) is 0 Å². The van der Waals surface area contributed by atoms with Crippen LogP contribution in [0.15, 0.2) is 24.3 Å². The molecule has 0 heteroatoms. The van der Waals surface area contributed by atoms with Gasteiger partial charge < -0.3 is 0 Å². The van der Waals surface area contributed by atoms with Crippen molar-refractivity contribution in [3.63, 3.8) is 0 Å². The van der Waals surface area contributed by atoms with Crippen LogP contribution >= 0.6 is 0 Å². The van der Waals surface area contributed by atoms with Gasteiger partial charge in [0.25, 0.3) is 0 Å². The third kappa shape index (κ3) is 4.18. The second-order valence-electron chi connectivity index (χ2n) is 5.61. The summed E-state index contributed by atoms with van der Waals surface area (Å²) in [6.07, 6.45) is 12.6. The highest BCUT2D eigenvalue weighted by molar-refractivity contribution is 5.22. The van der Waals surface area contributed by atoms with E-state index < -0.39 is 0 Å². The molecule has 1 aliphatic rings. The first-order valence-electron chi connectivity index (χ1n) is 7.46. The average Bonchev–Trinajstić information content (AvgIpc) is 2.85. The Morgan fingerprint density at radius 1 is 0.941 bits per heavy atom. The molecule has 1 aromatic carbocycles. The van der Waals surface area contributed by atoms with E-state index in [9.17, 15) is 0 Å². The summed E-state index contributed by atoms with van der Waals surface area (Å²) in [5.41, 5.74) is 3.02. The van der Waals surface area contributed by atoms with Crippen molar-refractivity contribution >= 4 is 0 Å². The van der Waals surface area contributed by atoms with E-state index in [1.54, 1.807) is 0 Å². The van der Waals surface area contributed by atoms with Crippen molar-refractivity contribution in [1.29, 1.82) is 0 Å². The van der Waals surface area contributed by atoms with Gasteiger partial charge in [-0.25, -0.2) is 0 Å².